The van der Waals surface area contributed by atoms with Crippen LogP contribution in [0, 0.1) is 0 Å². The molecule has 1 aromatic carbocycles. The number of nitrogens with one attached hydrogen (secondary N) is 2. The standard InChI is InChI=1S/C22H23N3O4S/c1-29-22(28)14-4-5-18-16(11-14)17-12-25(9-6-19(17)24-18)20(26)3-2-8-23-21(27)15-7-10-30-13-15/h4-5,7,10-11,13,24H,2-3,6,8-9,12H2,1H3,(H,23,27). The van der Waals surface area contributed by atoms with E-state index in [1.165, 1.54) is 18.4 Å². The number of rotatable bonds is 6. The van der Waals surface area contributed by atoms with Crippen molar-refractivity contribution in [3.8, 4) is 0 Å². The number of amides is 2. The summed E-state index contributed by atoms with van der Waals surface area (Å²) in [5.41, 5.74) is 4.27. The molecule has 2 amide bonds. The molecule has 0 spiro atoms. The number of fused-ring (bicyclic) bond motifs is 3. The lowest BCUT2D eigenvalue weighted by atomic mass is 10.0. The van der Waals surface area contributed by atoms with Gasteiger partial charge in [-0.2, -0.15) is 11.3 Å². The van der Waals surface area contributed by atoms with Gasteiger partial charge in [0, 0.05) is 65.6 Å². The minimum Gasteiger partial charge on any atom is -0.465 e. The van der Waals surface area contributed by atoms with E-state index < -0.39 is 0 Å². The second-order valence-corrected chi connectivity index (χ2v) is 8.05. The number of ether oxygens (including phenoxy) is 1. The van der Waals surface area contributed by atoms with Gasteiger partial charge in [0.1, 0.15) is 0 Å². The van der Waals surface area contributed by atoms with E-state index >= 15 is 0 Å². The zero-order chi connectivity index (χ0) is 21.1. The van der Waals surface area contributed by atoms with Crippen LogP contribution in [0.5, 0.6) is 0 Å². The molecule has 2 N–H and O–H groups in total. The lowest BCUT2D eigenvalue weighted by Crippen LogP contribution is -2.36. The van der Waals surface area contributed by atoms with Crippen LogP contribution in [0.25, 0.3) is 10.9 Å². The molecule has 0 aliphatic carbocycles. The Morgan fingerprint density at radius 3 is 2.87 bits per heavy atom. The fraction of sp³-hybridized carbons (Fsp3) is 0.318. The van der Waals surface area contributed by atoms with Crippen LogP contribution < -0.4 is 5.32 Å². The first-order chi connectivity index (χ1) is 14.6. The van der Waals surface area contributed by atoms with Crippen LogP contribution in [0.3, 0.4) is 0 Å². The summed E-state index contributed by atoms with van der Waals surface area (Å²) in [6, 6.07) is 7.22. The number of methoxy groups -OCH3 is 1. The maximum atomic E-state index is 12.7. The van der Waals surface area contributed by atoms with Gasteiger partial charge in [-0.3, -0.25) is 9.59 Å². The zero-order valence-electron chi connectivity index (χ0n) is 16.7. The molecule has 30 heavy (non-hydrogen) atoms. The summed E-state index contributed by atoms with van der Waals surface area (Å²) < 4.78 is 4.82. The van der Waals surface area contributed by atoms with Crippen molar-refractivity contribution >= 4 is 40.0 Å². The van der Waals surface area contributed by atoms with E-state index in [1.54, 1.807) is 17.5 Å². The first-order valence-electron chi connectivity index (χ1n) is 9.87. The summed E-state index contributed by atoms with van der Waals surface area (Å²) in [5, 5.41) is 7.47. The highest BCUT2D eigenvalue weighted by molar-refractivity contribution is 7.08. The smallest absolute Gasteiger partial charge is 0.337 e. The number of nitrogens with zero attached hydrogens (tertiary/aromatic N) is 1. The summed E-state index contributed by atoms with van der Waals surface area (Å²) in [6.07, 6.45) is 1.73. The lowest BCUT2D eigenvalue weighted by Gasteiger charge is -2.27. The Morgan fingerprint density at radius 2 is 2.10 bits per heavy atom. The van der Waals surface area contributed by atoms with Crippen molar-refractivity contribution in [2.75, 3.05) is 20.2 Å². The third-order valence-corrected chi connectivity index (χ3v) is 6.07. The quantitative estimate of drug-likeness (QED) is 0.469. The van der Waals surface area contributed by atoms with E-state index in [4.69, 9.17) is 4.74 Å². The lowest BCUT2D eigenvalue weighted by molar-refractivity contribution is -0.132. The van der Waals surface area contributed by atoms with Gasteiger partial charge >= 0.3 is 5.97 Å². The normalized spacial score (nSPS) is 13.2. The summed E-state index contributed by atoms with van der Waals surface area (Å²) in [6.45, 7) is 1.64. The number of H-pyrrole nitrogens is 1. The highest BCUT2D eigenvalue weighted by Gasteiger charge is 2.24. The maximum absolute atomic E-state index is 12.7. The third-order valence-electron chi connectivity index (χ3n) is 5.39. The fourth-order valence-corrected chi connectivity index (χ4v) is 4.40. The number of carbonyl (C=O) groups excluding carboxylic acids is 3. The summed E-state index contributed by atoms with van der Waals surface area (Å²) in [5.74, 6) is -0.407. The SMILES string of the molecule is COC(=O)c1ccc2[nH]c3c(c2c1)CN(C(=O)CCCNC(=O)c1ccsc1)CC3. The molecular formula is C22H23N3O4S. The van der Waals surface area contributed by atoms with Gasteiger partial charge in [-0.1, -0.05) is 0 Å². The highest BCUT2D eigenvalue weighted by Crippen LogP contribution is 2.29. The molecule has 7 nitrogen and oxygen atoms in total. The molecule has 0 atom stereocenters. The number of carbonyl (C=O) groups is 3. The van der Waals surface area contributed by atoms with Gasteiger partial charge in [-0.15, -0.1) is 0 Å². The molecule has 1 aliphatic rings. The van der Waals surface area contributed by atoms with E-state index in [9.17, 15) is 14.4 Å². The average Bonchev–Trinajstić information content (AvgIpc) is 3.43. The number of hydrogen-bond acceptors (Lipinski definition) is 5. The van der Waals surface area contributed by atoms with Crippen LogP contribution in [-0.2, 0) is 22.5 Å². The number of thiophene rings is 1. The largest absolute Gasteiger partial charge is 0.465 e. The Balaban J connectivity index is 1.36. The molecule has 3 heterocycles. The topological polar surface area (TPSA) is 91.5 Å². The van der Waals surface area contributed by atoms with Gasteiger partial charge in [-0.05, 0) is 36.1 Å². The van der Waals surface area contributed by atoms with Gasteiger partial charge < -0.3 is 19.9 Å². The Morgan fingerprint density at radius 1 is 1.23 bits per heavy atom. The maximum Gasteiger partial charge on any atom is 0.337 e. The molecule has 3 aromatic rings. The molecule has 156 valence electrons. The summed E-state index contributed by atoms with van der Waals surface area (Å²) >= 11 is 1.48. The van der Waals surface area contributed by atoms with Crippen molar-refractivity contribution in [2.24, 2.45) is 0 Å². The molecule has 0 radical (unpaired) electrons. The van der Waals surface area contributed by atoms with Crippen LogP contribution in [0.2, 0.25) is 0 Å². The van der Waals surface area contributed by atoms with Crippen LogP contribution in [0.1, 0.15) is 44.8 Å². The second kappa shape index (κ2) is 8.71. The number of aromatic amines is 1. The number of aromatic nitrogens is 1. The molecule has 0 bridgehead atoms. The van der Waals surface area contributed by atoms with E-state index in [0.717, 1.165) is 28.6 Å². The predicted octanol–water partition coefficient (Wildman–Crippen LogP) is 3.11. The third kappa shape index (κ3) is 4.09. The first-order valence-corrected chi connectivity index (χ1v) is 10.8. The molecule has 0 fully saturated rings. The Labute approximate surface area is 178 Å². The van der Waals surface area contributed by atoms with Gasteiger partial charge in [0.25, 0.3) is 5.91 Å². The zero-order valence-corrected chi connectivity index (χ0v) is 17.5. The van der Waals surface area contributed by atoms with E-state index in [1.807, 2.05) is 22.4 Å². The second-order valence-electron chi connectivity index (χ2n) is 7.27. The number of benzene rings is 1. The summed E-state index contributed by atoms with van der Waals surface area (Å²) in [7, 11) is 1.36. The van der Waals surface area contributed by atoms with E-state index in [-0.39, 0.29) is 17.8 Å². The number of hydrogen-bond donors (Lipinski definition) is 2. The predicted molar refractivity (Wildman–Crippen MR) is 115 cm³/mol. The van der Waals surface area contributed by atoms with Crippen LogP contribution in [0.4, 0.5) is 0 Å². The van der Waals surface area contributed by atoms with Crippen molar-refractivity contribution in [3.63, 3.8) is 0 Å². The Kier molecular flexibility index (Phi) is 5.85. The minimum absolute atomic E-state index is 0.0731. The van der Waals surface area contributed by atoms with Crippen molar-refractivity contribution in [1.82, 2.24) is 15.2 Å². The van der Waals surface area contributed by atoms with Gasteiger partial charge in [0.2, 0.25) is 5.91 Å². The molecular weight excluding hydrogens is 402 g/mol. The molecule has 1 aliphatic heterocycles. The first kappa shape index (κ1) is 20.2. The van der Waals surface area contributed by atoms with Crippen LogP contribution >= 0.6 is 11.3 Å². The molecule has 0 saturated carbocycles. The van der Waals surface area contributed by atoms with Crippen molar-refractivity contribution < 1.29 is 19.1 Å². The van der Waals surface area contributed by atoms with E-state index in [2.05, 4.69) is 10.3 Å². The van der Waals surface area contributed by atoms with Gasteiger partial charge in [0.15, 0.2) is 0 Å². The average molecular weight is 426 g/mol. The molecule has 4 rings (SSSR count). The van der Waals surface area contributed by atoms with E-state index in [0.29, 0.717) is 43.6 Å². The molecule has 0 unspecified atom stereocenters. The van der Waals surface area contributed by atoms with Crippen LogP contribution in [-0.4, -0.2) is 47.9 Å². The highest BCUT2D eigenvalue weighted by atomic mass is 32.1. The summed E-state index contributed by atoms with van der Waals surface area (Å²) in [4.78, 5) is 41.7. The fourth-order valence-electron chi connectivity index (χ4n) is 3.77. The van der Waals surface area contributed by atoms with Gasteiger partial charge in [-0.25, -0.2) is 4.79 Å². The minimum atomic E-state index is -0.375. The van der Waals surface area contributed by atoms with Gasteiger partial charge in [0.05, 0.1) is 12.7 Å². The molecule has 0 saturated heterocycles. The number of esters is 1. The Bertz CT molecular complexity index is 1090. The molecule has 8 heteroatoms. The van der Waals surface area contributed by atoms with Crippen molar-refractivity contribution in [3.05, 3.63) is 57.4 Å². The van der Waals surface area contributed by atoms with Crippen molar-refractivity contribution in [2.45, 2.75) is 25.8 Å². The Hall–Kier alpha value is -3.13. The van der Waals surface area contributed by atoms with Crippen molar-refractivity contribution in [1.29, 1.82) is 0 Å². The molecule has 2 aromatic heterocycles. The monoisotopic (exact) mass is 425 g/mol. The van der Waals surface area contributed by atoms with Crippen LogP contribution in [0.15, 0.2) is 35.0 Å².